The molecule has 18 heavy (non-hydrogen) atoms. The van der Waals surface area contributed by atoms with Crippen LogP contribution in [0.1, 0.15) is 13.8 Å². The van der Waals surface area contributed by atoms with Gasteiger partial charge in [0.1, 0.15) is 10.7 Å². The molecule has 0 radical (unpaired) electrons. The molecule has 0 fully saturated rings. The smallest absolute Gasteiger partial charge is 0.243 e. The van der Waals surface area contributed by atoms with Crippen molar-refractivity contribution < 1.29 is 17.5 Å². The van der Waals surface area contributed by atoms with Crippen LogP contribution >= 0.6 is 0 Å². The SMILES string of the molecule is CC(C)COCCNS(=O)(=O)c1ccccc1F. The molecule has 0 aliphatic rings. The molecule has 0 heterocycles. The van der Waals surface area contributed by atoms with E-state index in [9.17, 15) is 12.8 Å². The zero-order valence-electron chi connectivity index (χ0n) is 10.5. The van der Waals surface area contributed by atoms with E-state index >= 15 is 0 Å². The molecule has 0 spiro atoms. The molecule has 1 aromatic carbocycles. The third-order valence-corrected chi connectivity index (χ3v) is 3.61. The Bertz CT molecular complexity index is 474. The molecule has 102 valence electrons. The van der Waals surface area contributed by atoms with Crippen molar-refractivity contribution in [2.75, 3.05) is 19.8 Å². The maximum absolute atomic E-state index is 13.3. The van der Waals surface area contributed by atoms with Gasteiger partial charge in [0.05, 0.1) is 6.61 Å². The van der Waals surface area contributed by atoms with Gasteiger partial charge in [0, 0.05) is 13.2 Å². The Kier molecular flexibility index (Phi) is 5.71. The molecule has 1 N–H and O–H groups in total. The van der Waals surface area contributed by atoms with Crippen LogP contribution in [0.2, 0.25) is 0 Å². The van der Waals surface area contributed by atoms with Crippen molar-refractivity contribution in [2.24, 2.45) is 5.92 Å². The Hall–Kier alpha value is -0.980. The molecular formula is C12H18FNO3S. The topological polar surface area (TPSA) is 55.4 Å². The molecule has 0 amide bonds. The van der Waals surface area contributed by atoms with Crippen LogP contribution in [0.5, 0.6) is 0 Å². The highest BCUT2D eigenvalue weighted by molar-refractivity contribution is 7.89. The van der Waals surface area contributed by atoms with Gasteiger partial charge >= 0.3 is 0 Å². The van der Waals surface area contributed by atoms with E-state index in [0.717, 1.165) is 6.07 Å². The van der Waals surface area contributed by atoms with Gasteiger partial charge in [-0.05, 0) is 18.1 Å². The zero-order chi connectivity index (χ0) is 13.6. The van der Waals surface area contributed by atoms with E-state index in [-0.39, 0.29) is 18.0 Å². The average molecular weight is 275 g/mol. The fraction of sp³-hybridized carbons (Fsp3) is 0.500. The minimum absolute atomic E-state index is 0.128. The normalized spacial score (nSPS) is 12.0. The van der Waals surface area contributed by atoms with Crippen LogP contribution in [0.3, 0.4) is 0 Å². The predicted molar refractivity (Wildman–Crippen MR) is 67.2 cm³/mol. The van der Waals surface area contributed by atoms with E-state index < -0.39 is 15.8 Å². The summed E-state index contributed by atoms with van der Waals surface area (Å²) in [7, 11) is -3.80. The summed E-state index contributed by atoms with van der Waals surface area (Å²) in [5, 5.41) is 0. The minimum atomic E-state index is -3.80. The van der Waals surface area contributed by atoms with Gasteiger partial charge in [-0.15, -0.1) is 0 Å². The van der Waals surface area contributed by atoms with Crippen LogP contribution in [0.4, 0.5) is 4.39 Å². The Balaban J connectivity index is 2.49. The van der Waals surface area contributed by atoms with E-state index in [4.69, 9.17) is 4.74 Å². The summed E-state index contributed by atoms with van der Waals surface area (Å²) >= 11 is 0. The Morgan fingerprint density at radius 1 is 1.33 bits per heavy atom. The first-order valence-corrected chi connectivity index (χ1v) is 7.23. The highest BCUT2D eigenvalue weighted by Gasteiger charge is 2.17. The maximum atomic E-state index is 13.3. The van der Waals surface area contributed by atoms with E-state index in [1.807, 2.05) is 13.8 Å². The van der Waals surface area contributed by atoms with Crippen molar-refractivity contribution in [2.45, 2.75) is 18.7 Å². The summed E-state index contributed by atoms with van der Waals surface area (Å²) in [6, 6.07) is 5.27. The minimum Gasteiger partial charge on any atom is -0.380 e. The first-order chi connectivity index (χ1) is 8.43. The lowest BCUT2D eigenvalue weighted by Gasteiger charge is -2.09. The molecule has 0 bridgehead atoms. The summed E-state index contributed by atoms with van der Waals surface area (Å²) in [6.45, 7) is 4.98. The lowest BCUT2D eigenvalue weighted by Crippen LogP contribution is -2.28. The quantitative estimate of drug-likeness (QED) is 0.772. The van der Waals surface area contributed by atoms with Gasteiger partial charge < -0.3 is 4.74 Å². The van der Waals surface area contributed by atoms with Gasteiger partial charge in [-0.2, -0.15) is 0 Å². The molecular weight excluding hydrogens is 257 g/mol. The third-order valence-electron chi connectivity index (χ3n) is 2.12. The first-order valence-electron chi connectivity index (χ1n) is 5.75. The molecule has 0 aromatic heterocycles. The van der Waals surface area contributed by atoms with Gasteiger partial charge in [0.25, 0.3) is 0 Å². The molecule has 0 aliphatic carbocycles. The maximum Gasteiger partial charge on any atom is 0.243 e. The Morgan fingerprint density at radius 2 is 2.00 bits per heavy atom. The molecule has 0 unspecified atom stereocenters. The van der Waals surface area contributed by atoms with Crippen molar-refractivity contribution in [1.29, 1.82) is 0 Å². The van der Waals surface area contributed by atoms with Crippen molar-refractivity contribution in [1.82, 2.24) is 4.72 Å². The van der Waals surface area contributed by atoms with E-state index in [1.165, 1.54) is 18.2 Å². The van der Waals surface area contributed by atoms with Gasteiger partial charge in [0.2, 0.25) is 10.0 Å². The number of rotatable bonds is 7. The number of sulfonamides is 1. The summed E-state index contributed by atoms with van der Waals surface area (Å²) in [5.41, 5.74) is 0. The fourth-order valence-corrected chi connectivity index (χ4v) is 2.40. The average Bonchev–Trinajstić information content (AvgIpc) is 2.28. The Labute approximate surface area is 107 Å². The van der Waals surface area contributed by atoms with Crippen LogP contribution in [-0.4, -0.2) is 28.2 Å². The number of hydrogen-bond donors (Lipinski definition) is 1. The standard InChI is InChI=1S/C12H18FNO3S/c1-10(2)9-17-8-7-14-18(15,16)12-6-4-3-5-11(12)13/h3-6,10,14H,7-9H2,1-2H3. The predicted octanol–water partition coefficient (Wildman–Crippen LogP) is 1.78. The van der Waals surface area contributed by atoms with Crippen LogP contribution < -0.4 is 4.72 Å². The first kappa shape index (κ1) is 15.1. The second-order valence-corrected chi connectivity index (χ2v) is 6.03. The van der Waals surface area contributed by atoms with Gasteiger partial charge in [-0.25, -0.2) is 17.5 Å². The molecule has 0 atom stereocenters. The number of benzene rings is 1. The lowest BCUT2D eigenvalue weighted by molar-refractivity contribution is 0.114. The number of hydrogen-bond acceptors (Lipinski definition) is 3. The summed E-state index contributed by atoms with van der Waals surface area (Å²) in [6.07, 6.45) is 0. The van der Waals surface area contributed by atoms with Gasteiger partial charge in [-0.1, -0.05) is 26.0 Å². The van der Waals surface area contributed by atoms with Gasteiger partial charge in [-0.3, -0.25) is 0 Å². The van der Waals surface area contributed by atoms with Crippen molar-refractivity contribution in [3.63, 3.8) is 0 Å². The monoisotopic (exact) mass is 275 g/mol. The van der Waals surface area contributed by atoms with Crippen LogP contribution in [-0.2, 0) is 14.8 Å². The van der Waals surface area contributed by atoms with Crippen molar-refractivity contribution in [3.05, 3.63) is 30.1 Å². The second kappa shape index (κ2) is 6.82. The number of ether oxygens (including phenoxy) is 1. The molecule has 6 heteroatoms. The van der Waals surface area contributed by atoms with Crippen LogP contribution in [0.15, 0.2) is 29.2 Å². The van der Waals surface area contributed by atoms with Crippen molar-refractivity contribution >= 4 is 10.0 Å². The highest BCUT2D eigenvalue weighted by atomic mass is 32.2. The van der Waals surface area contributed by atoms with E-state index in [2.05, 4.69) is 4.72 Å². The zero-order valence-corrected chi connectivity index (χ0v) is 11.3. The fourth-order valence-electron chi connectivity index (χ4n) is 1.31. The van der Waals surface area contributed by atoms with Crippen LogP contribution in [0, 0.1) is 11.7 Å². The van der Waals surface area contributed by atoms with E-state index in [1.54, 1.807) is 0 Å². The van der Waals surface area contributed by atoms with Crippen molar-refractivity contribution in [3.8, 4) is 0 Å². The molecule has 1 rings (SSSR count). The summed E-state index contributed by atoms with van der Waals surface area (Å²) in [5.74, 6) is -0.360. The second-order valence-electron chi connectivity index (χ2n) is 4.30. The third kappa shape index (κ3) is 4.72. The molecule has 0 aliphatic heterocycles. The largest absolute Gasteiger partial charge is 0.380 e. The number of halogens is 1. The van der Waals surface area contributed by atoms with Gasteiger partial charge in [0.15, 0.2) is 0 Å². The van der Waals surface area contributed by atoms with E-state index in [0.29, 0.717) is 12.5 Å². The molecule has 1 aromatic rings. The Morgan fingerprint density at radius 3 is 2.61 bits per heavy atom. The lowest BCUT2D eigenvalue weighted by atomic mass is 10.2. The summed E-state index contributed by atoms with van der Waals surface area (Å²) in [4.78, 5) is -0.339. The highest BCUT2D eigenvalue weighted by Crippen LogP contribution is 2.12. The number of nitrogens with one attached hydrogen (secondary N) is 1. The molecule has 0 saturated heterocycles. The molecule has 4 nitrogen and oxygen atoms in total. The molecule has 0 saturated carbocycles. The summed E-state index contributed by atoms with van der Waals surface area (Å²) < 4.78 is 44.3. The van der Waals surface area contributed by atoms with Crippen LogP contribution in [0.25, 0.3) is 0 Å².